The van der Waals surface area contributed by atoms with Crippen LogP contribution in [-0.4, -0.2) is 11.5 Å². The van der Waals surface area contributed by atoms with E-state index in [2.05, 4.69) is 24.1 Å². The van der Waals surface area contributed by atoms with E-state index < -0.39 is 0 Å². The SMILES string of the molecule is CC(=O)c1ccc(CCC2=NC=CCC=C2C)cc1Cl. The average molecular weight is 288 g/mol. The first-order chi connectivity index (χ1) is 9.58. The molecule has 2 nitrogen and oxygen atoms in total. The van der Waals surface area contributed by atoms with Crippen molar-refractivity contribution in [2.75, 3.05) is 0 Å². The van der Waals surface area contributed by atoms with E-state index in [0.717, 1.165) is 30.5 Å². The quantitative estimate of drug-likeness (QED) is 0.733. The van der Waals surface area contributed by atoms with Crippen molar-refractivity contribution in [1.82, 2.24) is 0 Å². The molecule has 0 fully saturated rings. The van der Waals surface area contributed by atoms with E-state index in [4.69, 9.17) is 11.6 Å². The number of Topliss-reactive ketones (excluding diaryl/α,β-unsaturated/α-hetero) is 1. The molecule has 20 heavy (non-hydrogen) atoms. The van der Waals surface area contributed by atoms with Crippen LogP contribution < -0.4 is 0 Å². The van der Waals surface area contributed by atoms with Gasteiger partial charge in [0.1, 0.15) is 0 Å². The van der Waals surface area contributed by atoms with Gasteiger partial charge in [0.25, 0.3) is 0 Å². The van der Waals surface area contributed by atoms with Gasteiger partial charge in [0.05, 0.1) is 5.02 Å². The molecule has 1 aliphatic heterocycles. The van der Waals surface area contributed by atoms with Crippen molar-refractivity contribution in [3.8, 4) is 0 Å². The molecular formula is C17H18ClNO. The topological polar surface area (TPSA) is 29.4 Å². The first kappa shape index (κ1) is 14.7. The van der Waals surface area contributed by atoms with Crippen LogP contribution in [0.1, 0.15) is 42.6 Å². The Balaban J connectivity index is 2.08. The number of hydrogen-bond acceptors (Lipinski definition) is 2. The minimum Gasteiger partial charge on any atom is -0.294 e. The van der Waals surface area contributed by atoms with Crippen molar-refractivity contribution in [3.05, 3.63) is 58.3 Å². The van der Waals surface area contributed by atoms with Crippen LogP contribution >= 0.6 is 11.6 Å². The zero-order valence-electron chi connectivity index (χ0n) is 11.8. The molecule has 1 aliphatic rings. The molecule has 1 heterocycles. The van der Waals surface area contributed by atoms with Crippen molar-refractivity contribution >= 4 is 23.1 Å². The van der Waals surface area contributed by atoms with Gasteiger partial charge < -0.3 is 0 Å². The summed E-state index contributed by atoms with van der Waals surface area (Å²) in [4.78, 5) is 15.8. The molecule has 1 aromatic rings. The van der Waals surface area contributed by atoms with Crippen LogP contribution in [0.25, 0.3) is 0 Å². The Bertz CT molecular complexity index is 611. The summed E-state index contributed by atoms with van der Waals surface area (Å²) in [5, 5.41) is 0.532. The molecule has 0 amide bonds. The molecule has 0 radical (unpaired) electrons. The minimum atomic E-state index is -0.00129. The van der Waals surface area contributed by atoms with Gasteiger partial charge in [0, 0.05) is 17.5 Å². The Hall–Kier alpha value is -1.67. The van der Waals surface area contributed by atoms with E-state index in [1.165, 1.54) is 12.5 Å². The Labute approximate surface area is 124 Å². The molecule has 0 aliphatic carbocycles. The number of aliphatic imine (C=N–C) groups is 1. The summed E-state index contributed by atoms with van der Waals surface area (Å²) < 4.78 is 0. The van der Waals surface area contributed by atoms with Crippen molar-refractivity contribution in [2.24, 2.45) is 4.99 Å². The number of carbonyl (C=O) groups is 1. The van der Waals surface area contributed by atoms with Crippen molar-refractivity contribution in [2.45, 2.75) is 33.1 Å². The molecule has 0 N–H and O–H groups in total. The molecule has 3 heteroatoms. The van der Waals surface area contributed by atoms with Gasteiger partial charge in [-0.1, -0.05) is 29.8 Å². The van der Waals surface area contributed by atoms with Gasteiger partial charge in [-0.05, 0) is 56.4 Å². The van der Waals surface area contributed by atoms with Gasteiger partial charge in [-0.3, -0.25) is 9.79 Å². The fourth-order valence-electron chi connectivity index (χ4n) is 2.19. The molecule has 1 aromatic carbocycles. The molecule has 0 unspecified atom stereocenters. The average Bonchev–Trinajstić information content (AvgIpc) is 2.61. The lowest BCUT2D eigenvalue weighted by Gasteiger charge is -2.07. The van der Waals surface area contributed by atoms with E-state index in [0.29, 0.717) is 10.6 Å². The fraction of sp³-hybridized carbons (Fsp3) is 0.294. The third kappa shape index (κ3) is 3.67. The van der Waals surface area contributed by atoms with Gasteiger partial charge >= 0.3 is 0 Å². The largest absolute Gasteiger partial charge is 0.294 e. The summed E-state index contributed by atoms with van der Waals surface area (Å²) >= 11 is 6.13. The van der Waals surface area contributed by atoms with Crippen LogP contribution in [0.5, 0.6) is 0 Å². The Kier molecular flexibility index (Phi) is 4.91. The summed E-state index contributed by atoms with van der Waals surface area (Å²) in [6.45, 7) is 3.62. The molecule has 104 valence electrons. The summed E-state index contributed by atoms with van der Waals surface area (Å²) in [6.07, 6.45) is 8.80. The molecule has 0 saturated carbocycles. The molecule has 0 spiro atoms. The minimum absolute atomic E-state index is 0.00129. The molecule has 0 saturated heterocycles. The van der Waals surface area contributed by atoms with Gasteiger partial charge in [-0.2, -0.15) is 0 Å². The van der Waals surface area contributed by atoms with Gasteiger partial charge in [0.15, 0.2) is 5.78 Å². The summed E-state index contributed by atoms with van der Waals surface area (Å²) in [6, 6.07) is 5.65. The number of halogens is 1. The maximum atomic E-state index is 11.3. The van der Waals surface area contributed by atoms with Gasteiger partial charge in [-0.25, -0.2) is 0 Å². The number of carbonyl (C=O) groups excluding carboxylic acids is 1. The first-order valence-corrected chi connectivity index (χ1v) is 7.14. The predicted molar refractivity (Wildman–Crippen MR) is 84.7 cm³/mol. The lowest BCUT2D eigenvalue weighted by molar-refractivity contribution is 0.101. The molecule has 2 rings (SSSR count). The lowest BCUT2D eigenvalue weighted by Crippen LogP contribution is -2.02. The highest BCUT2D eigenvalue weighted by atomic mass is 35.5. The van der Waals surface area contributed by atoms with Crippen molar-refractivity contribution in [3.63, 3.8) is 0 Å². The summed E-state index contributed by atoms with van der Waals surface area (Å²) in [5.74, 6) is -0.00129. The highest BCUT2D eigenvalue weighted by Gasteiger charge is 2.08. The molecule has 0 bridgehead atoms. The monoisotopic (exact) mass is 287 g/mol. The van der Waals surface area contributed by atoms with E-state index in [1.807, 2.05) is 18.3 Å². The maximum Gasteiger partial charge on any atom is 0.161 e. The van der Waals surface area contributed by atoms with Crippen LogP contribution in [0.4, 0.5) is 0 Å². The van der Waals surface area contributed by atoms with E-state index in [9.17, 15) is 4.79 Å². The number of hydrogen-bond donors (Lipinski definition) is 0. The Morgan fingerprint density at radius 1 is 1.35 bits per heavy atom. The first-order valence-electron chi connectivity index (χ1n) is 6.76. The number of aryl methyl sites for hydroxylation is 1. The Morgan fingerprint density at radius 2 is 2.15 bits per heavy atom. The predicted octanol–water partition coefficient (Wildman–Crippen LogP) is 4.78. The standard InChI is InChI=1S/C17H18ClNO/c1-12-5-3-4-10-19-17(12)9-7-14-6-8-15(13(2)20)16(18)11-14/h4-6,8,10-11H,3,7,9H2,1-2H3. The number of nitrogens with zero attached hydrogens (tertiary/aromatic N) is 1. The highest BCUT2D eigenvalue weighted by Crippen LogP contribution is 2.20. The van der Waals surface area contributed by atoms with Gasteiger partial charge in [-0.15, -0.1) is 0 Å². The van der Waals surface area contributed by atoms with E-state index in [1.54, 1.807) is 6.07 Å². The Morgan fingerprint density at radius 3 is 2.85 bits per heavy atom. The van der Waals surface area contributed by atoms with Crippen LogP contribution in [0.2, 0.25) is 5.02 Å². The number of allylic oxidation sites excluding steroid dienone is 3. The van der Waals surface area contributed by atoms with E-state index in [-0.39, 0.29) is 5.78 Å². The second-order valence-electron chi connectivity index (χ2n) is 4.95. The zero-order valence-corrected chi connectivity index (χ0v) is 12.6. The van der Waals surface area contributed by atoms with Crippen LogP contribution in [0, 0.1) is 0 Å². The summed E-state index contributed by atoms with van der Waals surface area (Å²) in [7, 11) is 0. The van der Waals surface area contributed by atoms with Crippen molar-refractivity contribution in [1.29, 1.82) is 0 Å². The smallest absolute Gasteiger partial charge is 0.161 e. The van der Waals surface area contributed by atoms with Crippen LogP contribution in [-0.2, 0) is 6.42 Å². The van der Waals surface area contributed by atoms with Crippen LogP contribution in [0.3, 0.4) is 0 Å². The second-order valence-corrected chi connectivity index (χ2v) is 5.36. The maximum absolute atomic E-state index is 11.3. The normalized spacial score (nSPS) is 14.6. The number of ketones is 1. The lowest BCUT2D eigenvalue weighted by atomic mass is 10.0. The molecular weight excluding hydrogens is 270 g/mol. The van der Waals surface area contributed by atoms with Gasteiger partial charge in [0.2, 0.25) is 0 Å². The van der Waals surface area contributed by atoms with E-state index >= 15 is 0 Å². The summed E-state index contributed by atoms with van der Waals surface area (Å²) in [5.41, 5.74) is 4.07. The van der Waals surface area contributed by atoms with Crippen LogP contribution in [0.15, 0.2) is 47.1 Å². The molecule has 0 atom stereocenters. The number of rotatable bonds is 4. The number of benzene rings is 1. The van der Waals surface area contributed by atoms with Crippen molar-refractivity contribution < 1.29 is 4.79 Å². The third-order valence-corrected chi connectivity index (χ3v) is 3.73. The third-order valence-electron chi connectivity index (χ3n) is 3.41. The zero-order chi connectivity index (χ0) is 14.5. The second kappa shape index (κ2) is 6.67. The molecule has 0 aromatic heterocycles. The highest BCUT2D eigenvalue weighted by molar-refractivity contribution is 6.33. The fourth-order valence-corrected chi connectivity index (χ4v) is 2.53.